The molecule has 0 rings (SSSR count). The molecule has 0 aliphatic heterocycles. The predicted octanol–water partition coefficient (Wildman–Crippen LogP) is -0.224. The smallest absolute Gasteiger partial charge is 0.261 e. The highest BCUT2D eigenvalue weighted by molar-refractivity contribution is 7.85. The third kappa shape index (κ3) is 90.2. The summed E-state index contributed by atoms with van der Waals surface area (Å²) >= 11 is 0. The Morgan fingerprint density at radius 2 is 1.82 bits per heavy atom. The van der Waals surface area contributed by atoms with Crippen molar-refractivity contribution in [2.24, 2.45) is 5.73 Å². The molecule has 68 valence electrons. The first-order valence-corrected chi connectivity index (χ1v) is 4.83. The van der Waals surface area contributed by atoms with Crippen LogP contribution in [0, 0.1) is 0 Å². The third-order valence-corrected chi connectivity index (χ3v) is 0.496. The minimum Gasteiger partial charge on any atom is -0.370 e. The Morgan fingerprint density at radius 1 is 1.55 bits per heavy atom. The molecule has 11 heavy (non-hydrogen) atoms. The number of carbonyl (C=O) groups excluding carboxylic acids is 1. The predicted molar refractivity (Wildman–Crippen MR) is 41.6 cm³/mol. The average molecular weight is 183 g/mol. The van der Waals surface area contributed by atoms with Gasteiger partial charge in [0.25, 0.3) is 10.1 Å². The Bertz CT molecular complexity index is 189. The number of nitrogens with two attached hydrogens (primary N) is 1. The van der Waals surface area contributed by atoms with Crippen LogP contribution >= 0.6 is 0 Å². The van der Waals surface area contributed by atoms with Crippen LogP contribution in [-0.4, -0.2) is 25.1 Å². The maximum Gasteiger partial charge on any atom is 0.261 e. The van der Waals surface area contributed by atoms with Crippen LogP contribution in [0.3, 0.4) is 0 Å². The zero-order valence-electron chi connectivity index (χ0n) is 6.57. The first-order valence-electron chi connectivity index (χ1n) is 2.98. The van der Waals surface area contributed by atoms with Crippen LogP contribution in [0.15, 0.2) is 0 Å². The zero-order valence-corrected chi connectivity index (χ0v) is 7.39. The molecule has 0 fully saturated rings. The van der Waals surface area contributed by atoms with Gasteiger partial charge in [-0.25, -0.2) is 0 Å². The van der Waals surface area contributed by atoms with Crippen molar-refractivity contribution in [1.29, 1.82) is 0 Å². The fourth-order valence-electron chi connectivity index (χ4n) is 0.246. The normalized spacial score (nSPS) is 9.73. The lowest BCUT2D eigenvalue weighted by molar-refractivity contribution is -0.118. The molecule has 0 aliphatic rings. The molecular formula is C5H13NO4S. The molecule has 0 radical (unpaired) electrons. The van der Waals surface area contributed by atoms with E-state index in [0.717, 1.165) is 6.42 Å². The molecule has 3 N–H and O–H groups in total. The number of hydrogen-bond acceptors (Lipinski definition) is 3. The Balaban J connectivity index is 0. The van der Waals surface area contributed by atoms with Crippen LogP contribution in [0.25, 0.3) is 0 Å². The molecule has 0 heterocycles. The lowest BCUT2D eigenvalue weighted by atomic mass is 10.3. The second-order valence-electron chi connectivity index (χ2n) is 1.95. The Labute approximate surface area is 66.3 Å². The molecule has 0 saturated heterocycles. The molecule has 0 aromatic rings. The van der Waals surface area contributed by atoms with E-state index in [1.165, 1.54) is 0 Å². The minimum atomic E-state index is -3.67. The largest absolute Gasteiger partial charge is 0.370 e. The van der Waals surface area contributed by atoms with Crippen molar-refractivity contribution in [2.75, 3.05) is 6.26 Å². The van der Waals surface area contributed by atoms with Gasteiger partial charge < -0.3 is 5.73 Å². The lowest BCUT2D eigenvalue weighted by Gasteiger charge is -1.81. The molecule has 5 nitrogen and oxygen atoms in total. The number of rotatable bonds is 2. The fraction of sp³-hybridized carbons (Fsp3) is 0.800. The molecule has 1 amide bonds. The van der Waals surface area contributed by atoms with Crippen LogP contribution in [0.4, 0.5) is 0 Å². The highest BCUT2D eigenvalue weighted by Gasteiger charge is 1.84. The van der Waals surface area contributed by atoms with Gasteiger partial charge in [-0.2, -0.15) is 8.42 Å². The summed E-state index contributed by atoms with van der Waals surface area (Å²) in [6, 6.07) is 0. The molecule has 0 aliphatic carbocycles. The van der Waals surface area contributed by atoms with Crippen LogP contribution in [0.5, 0.6) is 0 Å². The van der Waals surface area contributed by atoms with Crippen molar-refractivity contribution in [1.82, 2.24) is 0 Å². The molecule has 0 aromatic heterocycles. The van der Waals surface area contributed by atoms with Crippen LogP contribution in [-0.2, 0) is 14.9 Å². The Morgan fingerprint density at radius 3 is 1.82 bits per heavy atom. The van der Waals surface area contributed by atoms with Crippen LogP contribution in [0.2, 0.25) is 0 Å². The van der Waals surface area contributed by atoms with Gasteiger partial charge >= 0.3 is 0 Å². The van der Waals surface area contributed by atoms with Crippen molar-refractivity contribution in [3.63, 3.8) is 0 Å². The standard InChI is InChI=1S/C4H9NO.CH4O3S/c1-2-3-4(5)6;1-5(2,3)4/h2-3H2,1H3,(H2,5,6);1H3,(H,2,3,4). The molecule has 0 saturated carbocycles. The molecule has 0 aromatic carbocycles. The molecule has 0 atom stereocenters. The van der Waals surface area contributed by atoms with Gasteiger partial charge in [-0.3, -0.25) is 9.35 Å². The lowest BCUT2D eigenvalue weighted by Crippen LogP contribution is -2.08. The van der Waals surface area contributed by atoms with E-state index in [1.807, 2.05) is 6.92 Å². The van der Waals surface area contributed by atoms with Crippen LogP contribution in [0.1, 0.15) is 19.8 Å². The van der Waals surface area contributed by atoms with Gasteiger partial charge in [0.15, 0.2) is 0 Å². The van der Waals surface area contributed by atoms with Crippen molar-refractivity contribution >= 4 is 16.0 Å². The minimum absolute atomic E-state index is 0.211. The van der Waals surface area contributed by atoms with Crippen molar-refractivity contribution in [3.8, 4) is 0 Å². The summed E-state index contributed by atoms with van der Waals surface area (Å²) in [5.74, 6) is -0.211. The molecule has 6 heteroatoms. The van der Waals surface area contributed by atoms with E-state index in [2.05, 4.69) is 0 Å². The maximum atomic E-state index is 9.82. The number of carbonyl (C=O) groups is 1. The van der Waals surface area contributed by atoms with E-state index in [4.69, 9.17) is 10.3 Å². The second kappa shape index (κ2) is 6.11. The van der Waals surface area contributed by atoms with Gasteiger partial charge in [0.05, 0.1) is 6.26 Å². The monoisotopic (exact) mass is 183 g/mol. The summed E-state index contributed by atoms with van der Waals surface area (Å²) in [7, 11) is -3.67. The first-order chi connectivity index (χ1) is 4.77. The Kier molecular flexibility index (Phi) is 7.23. The van der Waals surface area contributed by atoms with Gasteiger partial charge in [0, 0.05) is 6.42 Å². The van der Waals surface area contributed by atoms with Crippen molar-refractivity contribution < 1.29 is 17.8 Å². The van der Waals surface area contributed by atoms with Gasteiger partial charge in [-0.05, 0) is 6.42 Å². The summed E-state index contributed by atoms with van der Waals surface area (Å²) < 4.78 is 25.9. The number of primary amides is 1. The van der Waals surface area contributed by atoms with Gasteiger partial charge in [-0.1, -0.05) is 6.92 Å². The molecular weight excluding hydrogens is 170 g/mol. The van der Waals surface area contributed by atoms with Crippen molar-refractivity contribution in [2.45, 2.75) is 19.8 Å². The third-order valence-electron chi connectivity index (χ3n) is 0.496. The number of amides is 1. The maximum absolute atomic E-state index is 9.82. The van der Waals surface area contributed by atoms with E-state index >= 15 is 0 Å². The number of hydrogen-bond donors (Lipinski definition) is 2. The highest BCUT2D eigenvalue weighted by atomic mass is 32.2. The van der Waals surface area contributed by atoms with E-state index in [0.29, 0.717) is 12.7 Å². The molecule has 0 spiro atoms. The fourth-order valence-corrected chi connectivity index (χ4v) is 0.246. The van der Waals surface area contributed by atoms with Gasteiger partial charge in [0.2, 0.25) is 5.91 Å². The van der Waals surface area contributed by atoms with E-state index in [-0.39, 0.29) is 5.91 Å². The van der Waals surface area contributed by atoms with E-state index in [9.17, 15) is 13.2 Å². The van der Waals surface area contributed by atoms with Crippen molar-refractivity contribution in [3.05, 3.63) is 0 Å². The SMILES string of the molecule is CCCC(N)=O.CS(=O)(=O)O. The summed E-state index contributed by atoms with van der Waals surface area (Å²) in [5.41, 5.74) is 4.76. The quantitative estimate of drug-likeness (QED) is 0.578. The van der Waals surface area contributed by atoms with Crippen LogP contribution < -0.4 is 5.73 Å². The first kappa shape index (κ1) is 13.0. The topological polar surface area (TPSA) is 97.5 Å². The second-order valence-corrected chi connectivity index (χ2v) is 3.42. The van der Waals surface area contributed by atoms with Gasteiger partial charge in [0.1, 0.15) is 0 Å². The van der Waals surface area contributed by atoms with Gasteiger partial charge in [-0.15, -0.1) is 0 Å². The van der Waals surface area contributed by atoms with E-state index < -0.39 is 10.1 Å². The van der Waals surface area contributed by atoms with E-state index in [1.54, 1.807) is 0 Å². The molecule has 0 bridgehead atoms. The summed E-state index contributed by atoms with van der Waals surface area (Å²) in [5, 5.41) is 0. The zero-order chi connectivity index (χ0) is 9.49. The summed E-state index contributed by atoms with van der Waals surface area (Å²) in [4.78, 5) is 9.82. The highest BCUT2D eigenvalue weighted by Crippen LogP contribution is 1.79. The molecule has 0 unspecified atom stereocenters. The summed E-state index contributed by atoms with van der Waals surface area (Å²) in [6.45, 7) is 1.92. The average Bonchev–Trinajstić information content (AvgIpc) is 1.58. The summed E-state index contributed by atoms with van der Waals surface area (Å²) in [6.07, 6.45) is 2.09. The Hall–Kier alpha value is -0.620.